The summed E-state index contributed by atoms with van der Waals surface area (Å²) in [7, 11) is 0. The van der Waals surface area contributed by atoms with Crippen LogP contribution in [0, 0.1) is 34.5 Å². The maximum atomic E-state index is 11.8. The number of rotatable bonds is 0. The Kier molecular flexibility index (Phi) is 6.73. The van der Waals surface area contributed by atoms with Gasteiger partial charge in [-0.1, -0.05) is 109 Å². The topological polar surface area (TPSA) is 88.0 Å². The average Bonchev–Trinajstić information content (AvgIpc) is 3.32. The number of aliphatic hydroxyl groups is 2. The molecule has 0 spiro atoms. The minimum atomic E-state index is -1.48. The summed E-state index contributed by atoms with van der Waals surface area (Å²) >= 11 is 0. The summed E-state index contributed by atoms with van der Waals surface area (Å²) < 4.78 is 0. The molecule has 0 bridgehead atoms. The lowest BCUT2D eigenvalue weighted by atomic mass is 9.87. The Morgan fingerprint density at radius 2 is 0.667 bits per heavy atom. The molecule has 4 nitrogen and oxygen atoms in total. The van der Waals surface area contributed by atoms with Crippen molar-refractivity contribution in [1.29, 1.82) is 10.5 Å². The van der Waals surface area contributed by atoms with Crippen LogP contribution in [0.4, 0.5) is 0 Å². The van der Waals surface area contributed by atoms with Crippen molar-refractivity contribution in [3.05, 3.63) is 119 Å². The molecule has 4 heteroatoms. The molecule has 0 fully saturated rings. The fraction of sp³-hybridized carbons (Fsp3) is 0.125. The van der Waals surface area contributed by atoms with Gasteiger partial charge >= 0.3 is 0 Å². The maximum Gasteiger partial charge on any atom is 0.178 e. The number of nitriles is 2. The summed E-state index contributed by atoms with van der Waals surface area (Å²) in [5.74, 6) is 6.18. The Morgan fingerprint density at radius 3 is 0.889 bits per heavy atom. The molecule has 0 aromatic heterocycles. The second-order valence-electron chi connectivity index (χ2n) is 8.30. The minimum Gasteiger partial charge on any atom is -0.369 e. The van der Waals surface area contributed by atoms with Crippen LogP contribution in [0.25, 0.3) is 22.3 Å². The van der Waals surface area contributed by atoms with Crippen LogP contribution in [0.5, 0.6) is 0 Å². The zero-order chi connectivity index (χ0) is 25.8. The zero-order valence-electron chi connectivity index (χ0n) is 20.0. The molecule has 0 saturated heterocycles. The summed E-state index contributed by atoms with van der Waals surface area (Å²) in [6.45, 7) is 2.86. The number of hydrogen-bond donors (Lipinski definition) is 2. The maximum absolute atomic E-state index is 11.8. The van der Waals surface area contributed by atoms with E-state index in [1.54, 1.807) is 12.1 Å². The second kappa shape index (κ2) is 9.91. The molecular weight excluding hydrogens is 444 g/mol. The van der Waals surface area contributed by atoms with Crippen molar-refractivity contribution in [2.24, 2.45) is 0 Å². The van der Waals surface area contributed by atoms with Gasteiger partial charge in [-0.15, -0.1) is 0 Å². The minimum absolute atomic E-state index is 0.752. The van der Waals surface area contributed by atoms with Crippen LogP contribution in [0.3, 0.4) is 0 Å². The van der Waals surface area contributed by atoms with Crippen LogP contribution in [-0.4, -0.2) is 10.2 Å². The van der Waals surface area contributed by atoms with Gasteiger partial charge in [0, 0.05) is 36.1 Å². The van der Waals surface area contributed by atoms with Gasteiger partial charge in [0.15, 0.2) is 11.2 Å². The summed E-state index contributed by atoms with van der Waals surface area (Å²) in [6.07, 6.45) is 0. The lowest BCUT2D eigenvalue weighted by Crippen LogP contribution is -2.26. The van der Waals surface area contributed by atoms with E-state index in [-0.39, 0.29) is 0 Å². The summed E-state index contributed by atoms with van der Waals surface area (Å²) in [6, 6.07) is 34.6. The normalized spacial score (nSPS) is 13.7. The van der Waals surface area contributed by atoms with Gasteiger partial charge in [-0.05, 0) is 22.3 Å². The Hall–Kier alpha value is -4.66. The number of fused-ring (bicyclic) bond motifs is 6. The molecule has 0 heterocycles. The van der Waals surface area contributed by atoms with Gasteiger partial charge in [-0.3, -0.25) is 0 Å². The molecule has 0 atom stereocenters. The van der Waals surface area contributed by atoms with Crippen LogP contribution < -0.4 is 0 Å². The molecule has 4 aromatic carbocycles. The third-order valence-corrected chi connectivity index (χ3v) is 6.27. The molecule has 6 rings (SSSR count). The standard InChI is InChI=1S/C28H18O2.2C2H3N/c29-27(23-13-5-1-9-19(23)20-10-2-6-14-24(20)27)17-18-28(30)25-15-7-3-11-21(25)22-12-4-8-16-26(22)28;2*1-2-3/h1-16,29-30H;2*1H3. The van der Waals surface area contributed by atoms with Crippen LogP contribution in [-0.2, 0) is 11.2 Å². The molecule has 2 aliphatic carbocycles. The first-order valence-corrected chi connectivity index (χ1v) is 11.5. The summed E-state index contributed by atoms with van der Waals surface area (Å²) in [5.41, 5.74) is 3.96. The average molecular weight is 469 g/mol. The van der Waals surface area contributed by atoms with Gasteiger partial charge < -0.3 is 10.2 Å². The van der Waals surface area contributed by atoms with Gasteiger partial charge in [0.2, 0.25) is 0 Å². The van der Waals surface area contributed by atoms with E-state index < -0.39 is 11.2 Å². The second-order valence-corrected chi connectivity index (χ2v) is 8.30. The first-order chi connectivity index (χ1) is 17.5. The molecule has 2 N–H and O–H groups in total. The van der Waals surface area contributed by atoms with Crippen LogP contribution in [0.1, 0.15) is 36.1 Å². The van der Waals surface area contributed by atoms with Crippen molar-refractivity contribution in [3.8, 4) is 46.2 Å². The van der Waals surface area contributed by atoms with E-state index in [0.29, 0.717) is 0 Å². The molecule has 0 aliphatic heterocycles. The third-order valence-electron chi connectivity index (χ3n) is 6.27. The van der Waals surface area contributed by atoms with E-state index in [9.17, 15) is 10.2 Å². The van der Waals surface area contributed by atoms with Crippen molar-refractivity contribution < 1.29 is 10.2 Å². The third kappa shape index (κ3) is 3.84. The molecule has 2 aliphatic rings. The lowest BCUT2D eigenvalue weighted by molar-refractivity contribution is 0.138. The predicted molar refractivity (Wildman–Crippen MR) is 140 cm³/mol. The van der Waals surface area contributed by atoms with Gasteiger partial charge in [-0.2, -0.15) is 10.5 Å². The molecule has 4 aromatic rings. The highest BCUT2D eigenvalue weighted by Crippen LogP contribution is 2.49. The van der Waals surface area contributed by atoms with E-state index in [1.807, 2.05) is 97.1 Å². The van der Waals surface area contributed by atoms with Gasteiger partial charge in [0.1, 0.15) is 0 Å². The highest BCUT2D eigenvalue weighted by atomic mass is 16.3. The van der Waals surface area contributed by atoms with Crippen LogP contribution >= 0.6 is 0 Å². The molecule has 0 amide bonds. The van der Waals surface area contributed by atoms with Crippen molar-refractivity contribution in [3.63, 3.8) is 0 Å². The molecule has 0 saturated carbocycles. The molecule has 36 heavy (non-hydrogen) atoms. The Labute approximate surface area is 211 Å². The Morgan fingerprint density at radius 1 is 0.472 bits per heavy atom. The Balaban J connectivity index is 0.000000464. The molecule has 174 valence electrons. The van der Waals surface area contributed by atoms with E-state index >= 15 is 0 Å². The fourth-order valence-electron chi connectivity index (χ4n) is 4.87. The SMILES string of the molecule is CC#N.CC#N.OC1(C#CC2(O)c3ccccc3-c3ccccc32)c2ccccc2-c2ccccc21. The largest absolute Gasteiger partial charge is 0.369 e. The van der Waals surface area contributed by atoms with Gasteiger partial charge in [-0.25, -0.2) is 0 Å². The van der Waals surface area contributed by atoms with Crippen molar-refractivity contribution in [1.82, 2.24) is 0 Å². The van der Waals surface area contributed by atoms with Gasteiger partial charge in [0.05, 0.1) is 12.1 Å². The number of nitrogens with zero attached hydrogens (tertiary/aromatic N) is 2. The van der Waals surface area contributed by atoms with Crippen molar-refractivity contribution >= 4 is 0 Å². The number of hydrogen-bond acceptors (Lipinski definition) is 4. The molecular formula is C32H24N2O2. The van der Waals surface area contributed by atoms with E-state index in [0.717, 1.165) is 44.5 Å². The fourth-order valence-corrected chi connectivity index (χ4v) is 4.87. The zero-order valence-corrected chi connectivity index (χ0v) is 20.0. The first-order valence-electron chi connectivity index (χ1n) is 11.5. The van der Waals surface area contributed by atoms with E-state index in [4.69, 9.17) is 10.5 Å². The van der Waals surface area contributed by atoms with E-state index in [2.05, 4.69) is 11.8 Å². The highest BCUT2D eigenvalue weighted by molar-refractivity contribution is 5.84. The van der Waals surface area contributed by atoms with Gasteiger partial charge in [0.25, 0.3) is 0 Å². The summed E-state index contributed by atoms with van der Waals surface area (Å²) in [4.78, 5) is 0. The van der Waals surface area contributed by atoms with Crippen molar-refractivity contribution in [2.45, 2.75) is 25.0 Å². The monoisotopic (exact) mass is 468 g/mol. The highest BCUT2D eigenvalue weighted by Gasteiger charge is 2.43. The predicted octanol–water partition coefficient (Wildman–Crippen LogP) is 5.88. The lowest BCUT2D eigenvalue weighted by Gasteiger charge is -2.23. The number of benzene rings is 4. The summed E-state index contributed by atoms with van der Waals surface area (Å²) in [5, 5.41) is 38.2. The first kappa shape index (κ1) is 24.5. The Bertz CT molecular complexity index is 1370. The molecule has 0 radical (unpaired) electrons. The molecule has 0 unspecified atom stereocenters. The quantitative estimate of drug-likeness (QED) is 0.315. The smallest absolute Gasteiger partial charge is 0.178 e. The van der Waals surface area contributed by atoms with Crippen LogP contribution in [0.15, 0.2) is 97.1 Å². The van der Waals surface area contributed by atoms with E-state index in [1.165, 1.54) is 13.8 Å². The van der Waals surface area contributed by atoms with Crippen LogP contribution in [0.2, 0.25) is 0 Å². The van der Waals surface area contributed by atoms with Crippen molar-refractivity contribution in [2.75, 3.05) is 0 Å².